The fraction of sp³-hybridized carbons (Fsp3) is 0.208. The van der Waals surface area contributed by atoms with Gasteiger partial charge in [0.15, 0.2) is 11.6 Å². The number of primary amides is 1. The number of nitrogen functional groups attached to an aromatic ring is 1. The first-order valence-electron chi connectivity index (χ1n) is 10.6. The van der Waals surface area contributed by atoms with Crippen molar-refractivity contribution in [1.29, 1.82) is 0 Å². The molecule has 2 aromatic carbocycles. The van der Waals surface area contributed by atoms with E-state index in [0.717, 1.165) is 0 Å². The molecule has 0 spiro atoms. The number of aromatic nitrogens is 3. The van der Waals surface area contributed by atoms with Crippen molar-refractivity contribution in [3.05, 3.63) is 59.9 Å². The van der Waals surface area contributed by atoms with Gasteiger partial charge in [0.2, 0.25) is 0 Å². The summed E-state index contributed by atoms with van der Waals surface area (Å²) in [6, 6.07) is 13.7. The average Bonchev–Trinajstić information content (AvgIpc) is 3.14. The van der Waals surface area contributed by atoms with Crippen LogP contribution in [0.25, 0.3) is 33.4 Å². The smallest absolute Gasteiger partial charge is 0.254 e. The van der Waals surface area contributed by atoms with Crippen LogP contribution in [-0.4, -0.2) is 38.6 Å². The molecule has 4 aromatic rings. The van der Waals surface area contributed by atoms with E-state index in [2.05, 4.69) is 10.1 Å². The standard InChI is InChI=1S/C24H23FN6O3/c1-34-21-15-8-7-13(9-16(15)29-20(18(21)25)12-5-3-2-4-6-12)19-17(23(27)32)22(26)31(30-19)14-10-24(28,33)11-14/h2-9,14,33H,10-11,26,28H2,1H3,(H2,27,32). The van der Waals surface area contributed by atoms with Crippen LogP contribution in [0.2, 0.25) is 0 Å². The molecule has 0 atom stereocenters. The number of carbonyl (C=O) groups is 1. The number of benzene rings is 2. The number of pyridine rings is 1. The highest BCUT2D eigenvalue weighted by Crippen LogP contribution is 2.42. The predicted octanol–water partition coefficient (Wildman–Crippen LogP) is 2.58. The number of anilines is 1. The van der Waals surface area contributed by atoms with E-state index >= 15 is 4.39 Å². The lowest BCUT2D eigenvalue weighted by atomic mass is 9.83. The monoisotopic (exact) mass is 462 g/mol. The van der Waals surface area contributed by atoms with Gasteiger partial charge in [0.1, 0.15) is 28.5 Å². The molecule has 9 nitrogen and oxygen atoms in total. The lowest BCUT2D eigenvalue weighted by Gasteiger charge is -2.40. The second kappa shape index (κ2) is 7.79. The van der Waals surface area contributed by atoms with Gasteiger partial charge >= 0.3 is 0 Å². The zero-order valence-electron chi connectivity index (χ0n) is 18.3. The molecule has 1 saturated carbocycles. The summed E-state index contributed by atoms with van der Waals surface area (Å²) in [4.78, 5) is 16.8. The quantitative estimate of drug-likeness (QED) is 0.332. The average molecular weight is 462 g/mol. The Bertz CT molecular complexity index is 1430. The van der Waals surface area contributed by atoms with Crippen LogP contribution in [0.5, 0.6) is 5.75 Å². The van der Waals surface area contributed by atoms with Crippen LogP contribution >= 0.6 is 0 Å². The van der Waals surface area contributed by atoms with Gasteiger partial charge < -0.3 is 27.0 Å². The molecule has 1 amide bonds. The number of hydrogen-bond acceptors (Lipinski definition) is 7. The van der Waals surface area contributed by atoms with Crippen LogP contribution < -0.4 is 21.9 Å². The van der Waals surface area contributed by atoms with Crippen molar-refractivity contribution in [2.45, 2.75) is 24.6 Å². The summed E-state index contributed by atoms with van der Waals surface area (Å²) in [5.74, 6) is -1.15. The molecule has 34 heavy (non-hydrogen) atoms. The number of amides is 1. The number of nitrogens with zero attached hydrogens (tertiary/aromatic N) is 3. The Morgan fingerprint density at radius 2 is 1.88 bits per heavy atom. The molecule has 1 aliphatic rings. The van der Waals surface area contributed by atoms with Crippen molar-refractivity contribution in [1.82, 2.24) is 14.8 Å². The molecule has 0 saturated heterocycles. The number of fused-ring (bicyclic) bond motifs is 1. The van der Waals surface area contributed by atoms with Gasteiger partial charge in [-0.05, 0) is 12.1 Å². The molecule has 1 fully saturated rings. The maximum Gasteiger partial charge on any atom is 0.254 e. The first kappa shape index (κ1) is 21.8. The first-order chi connectivity index (χ1) is 16.2. The number of ether oxygens (including phenoxy) is 1. The molecule has 5 rings (SSSR count). The van der Waals surface area contributed by atoms with Gasteiger partial charge in [0, 0.05) is 29.4 Å². The SMILES string of the molecule is COc1c(F)c(-c2ccccc2)nc2cc(-c3nn(C4CC(N)(O)C4)c(N)c3C(N)=O)ccc12. The summed E-state index contributed by atoms with van der Waals surface area (Å²) >= 11 is 0. The lowest BCUT2D eigenvalue weighted by molar-refractivity contribution is -0.0643. The minimum absolute atomic E-state index is 0.0594. The molecule has 0 unspecified atom stereocenters. The minimum atomic E-state index is -1.29. The molecule has 2 heterocycles. The zero-order chi connectivity index (χ0) is 24.2. The van der Waals surface area contributed by atoms with Crippen molar-refractivity contribution in [2.75, 3.05) is 12.8 Å². The minimum Gasteiger partial charge on any atom is -0.493 e. The van der Waals surface area contributed by atoms with E-state index in [0.29, 0.717) is 22.0 Å². The number of hydrogen-bond donors (Lipinski definition) is 4. The normalized spacial score (nSPS) is 19.7. The Hall–Kier alpha value is -4.02. The second-order valence-corrected chi connectivity index (χ2v) is 8.49. The van der Waals surface area contributed by atoms with Gasteiger partial charge in [-0.25, -0.2) is 14.1 Å². The summed E-state index contributed by atoms with van der Waals surface area (Å²) in [6.45, 7) is 0. The van der Waals surface area contributed by atoms with Crippen molar-refractivity contribution < 1.29 is 19.0 Å². The highest BCUT2D eigenvalue weighted by Gasteiger charge is 2.42. The zero-order valence-corrected chi connectivity index (χ0v) is 18.3. The Labute approximate surface area is 193 Å². The Morgan fingerprint density at radius 3 is 2.50 bits per heavy atom. The maximum absolute atomic E-state index is 15.2. The van der Waals surface area contributed by atoms with Crippen molar-refractivity contribution in [2.24, 2.45) is 11.5 Å². The predicted molar refractivity (Wildman–Crippen MR) is 125 cm³/mol. The summed E-state index contributed by atoms with van der Waals surface area (Å²) in [7, 11) is 1.39. The topological polar surface area (TPSA) is 155 Å². The van der Waals surface area contributed by atoms with Crippen LogP contribution in [0, 0.1) is 5.82 Å². The summed E-state index contributed by atoms with van der Waals surface area (Å²) in [5, 5.41) is 14.9. The van der Waals surface area contributed by atoms with E-state index < -0.39 is 17.4 Å². The Balaban J connectivity index is 1.68. The molecular weight excluding hydrogens is 439 g/mol. The molecule has 0 aliphatic heterocycles. The highest BCUT2D eigenvalue weighted by atomic mass is 19.1. The molecule has 2 aromatic heterocycles. The lowest BCUT2D eigenvalue weighted by Crippen LogP contribution is -2.52. The summed E-state index contributed by atoms with van der Waals surface area (Å²) in [5.41, 5.74) is 18.3. The van der Waals surface area contributed by atoms with Crippen molar-refractivity contribution in [3.63, 3.8) is 0 Å². The van der Waals surface area contributed by atoms with E-state index in [1.54, 1.807) is 42.5 Å². The first-order valence-corrected chi connectivity index (χ1v) is 10.6. The second-order valence-electron chi connectivity index (χ2n) is 8.49. The van der Waals surface area contributed by atoms with Crippen LogP contribution in [0.1, 0.15) is 29.2 Å². The summed E-state index contributed by atoms with van der Waals surface area (Å²) < 4.78 is 22.1. The number of aliphatic hydroxyl groups is 1. The number of carbonyl (C=O) groups excluding carboxylic acids is 1. The van der Waals surface area contributed by atoms with Crippen LogP contribution in [0.4, 0.5) is 10.2 Å². The third-order valence-electron chi connectivity index (χ3n) is 6.12. The largest absolute Gasteiger partial charge is 0.493 e. The third-order valence-corrected chi connectivity index (χ3v) is 6.12. The van der Waals surface area contributed by atoms with Gasteiger partial charge in [0.25, 0.3) is 5.91 Å². The van der Waals surface area contributed by atoms with E-state index in [1.165, 1.54) is 11.8 Å². The number of nitrogens with two attached hydrogens (primary N) is 3. The van der Waals surface area contributed by atoms with Gasteiger partial charge in [-0.3, -0.25) is 4.79 Å². The van der Waals surface area contributed by atoms with Crippen LogP contribution in [0.3, 0.4) is 0 Å². The molecule has 10 heteroatoms. The van der Waals surface area contributed by atoms with Crippen molar-refractivity contribution in [3.8, 4) is 28.3 Å². The van der Waals surface area contributed by atoms with Gasteiger partial charge in [-0.15, -0.1) is 0 Å². The van der Waals surface area contributed by atoms with Gasteiger partial charge in [0.05, 0.1) is 18.7 Å². The maximum atomic E-state index is 15.2. The van der Waals surface area contributed by atoms with Crippen LogP contribution in [-0.2, 0) is 0 Å². The fourth-order valence-corrected chi connectivity index (χ4v) is 4.45. The van der Waals surface area contributed by atoms with Gasteiger partial charge in [-0.2, -0.15) is 5.10 Å². The van der Waals surface area contributed by atoms with E-state index in [-0.39, 0.29) is 47.4 Å². The van der Waals surface area contributed by atoms with Gasteiger partial charge in [-0.1, -0.05) is 36.4 Å². The molecule has 7 N–H and O–H groups in total. The van der Waals surface area contributed by atoms with E-state index in [9.17, 15) is 9.90 Å². The molecular formula is C24H23FN6O3. The third kappa shape index (κ3) is 3.44. The molecule has 0 bridgehead atoms. The molecule has 0 radical (unpaired) electrons. The number of rotatable bonds is 5. The number of methoxy groups -OCH3 is 1. The van der Waals surface area contributed by atoms with E-state index in [1.807, 2.05) is 6.07 Å². The Morgan fingerprint density at radius 1 is 1.18 bits per heavy atom. The summed E-state index contributed by atoms with van der Waals surface area (Å²) in [6.07, 6.45) is 0.486. The fourth-order valence-electron chi connectivity index (χ4n) is 4.45. The Kier molecular flexibility index (Phi) is 4.99. The molecule has 1 aliphatic carbocycles. The number of halogens is 1. The van der Waals surface area contributed by atoms with Crippen molar-refractivity contribution >= 4 is 22.6 Å². The molecule has 174 valence electrons. The van der Waals surface area contributed by atoms with Crippen LogP contribution in [0.15, 0.2) is 48.5 Å². The van der Waals surface area contributed by atoms with E-state index in [4.69, 9.17) is 21.9 Å². The highest BCUT2D eigenvalue weighted by molar-refractivity contribution is 6.04.